The summed E-state index contributed by atoms with van der Waals surface area (Å²) >= 11 is 6.14. The van der Waals surface area contributed by atoms with Crippen LogP contribution >= 0.6 is 46.1 Å². The van der Waals surface area contributed by atoms with Gasteiger partial charge in [0, 0.05) is 14.7 Å². The van der Waals surface area contributed by atoms with Crippen LogP contribution < -0.4 is 0 Å². The van der Waals surface area contributed by atoms with Crippen molar-refractivity contribution in [1.29, 1.82) is 0 Å². The highest BCUT2D eigenvalue weighted by Crippen LogP contribution is 2.48. The van der Waals surface area contributed by atoms with Crippen molar-refractivity contribution in [3.8, 4) is 0 Å². The van der Waals surface area contributed by atoms with E-state index in [1.54, 1.807) is 0 Å². The van der Waals surface area contributed by atoms with Crippen LogP contribution in [0, 0.1) is 0 Å². The van der Waals surface area contributed by atoms with Gasteiger partial charge >= 0.3 is 0 Å². The maximum absolute atomic E-state index is 2.40. The van der Waals surface area contributed by atoms with E-state index in [0.29, 0.717) is 0 Å². The van der Waals surface area contributed by atoms with E-state index in [4.69, 9.17) is 0 Å². The van der Waals surface area contributed by atoms with Gasteiger partial charge in [-0.1, -0.05) is 35.7 Å². The minimum Gasteiger partial charge on any atom is -0.0920 e. The molecule has 3 heteroatoms. The summed E-state index contributed by atoms with van der Waals surface area (Å²) in [6.45, 7) is 2.18. The van der Waals surface area contributed by atoms with Crippen molar-refractivity contribution in [2.75, 3.05) is 0 Å². The fraction of sp³-hybridized carbons (Fsp3) is 0.111. The maximum Gasteiger partial charge on any atom is 0.0602 e. The number of benzene rings is 1. The zero-order valence-corrected chi connectivity index (χ0v) is 10.3. The molecule has 1 heterocycles. The number of allylic oxidation sites excluding steroid dienone is 1. The Morgan fingerprint density at radius 3 is 2.33 bits per heavy atom. The molecule has 0 spiro atoms. The lowest BCUT2D eigenvalue weighted by molar-refractivity contribution is 1.25. The second kappa shape index (κ2) is 3.64. The van der Waals surface area contributed by atoms with Gasteiger partial charge in [0.25, 0.3) is 0 Å². The van der Waals surface area contributed by atoms with E-state index >= 15 is 0 Å². The highest BCUT2D eigenvalue weighted by Gasteiger charge is 2.13. The Morgan fingerprint density at radius 1 is 1.08 bits per heavy atom. The molecular weight excluding hydrogens is 299 g/mol. The fourth-order valence-electron chi connectivity index (χ4n) is 0.992. The number of halogens is 1. The minimum absolute atomic E-state index is 1.39. The van der Waals surface area contributed by atoms with Crippen LogP contribution in [0.3, 0.4) is 0 Å². The summed E-state index contributed by atoms with van der Waals surface area (Å²) in [6.07, 6.45) is 0. The predicted molar refractivity (Wildman–Crippen MR) is 64.9 cm³/mol. The summed E-state index contributed by atoms with van der Waals surface area (Å²) in [7, 11) is 0. The van der Waals surface area contributed by atoms with Crippen LogP contribution in [0.2, 0.25) is 0 Å². The molecule has 0 amide bonds. The van der Waals surface area contributed by atoms with E-state index in [1.165, 1.54) is 17.6 Å². The zero-order chi connectivity index (χ0) is 8.55. The number of thioether (sulfide) groups is 2. The summed E-state index contributed by atoms with van der Waals surface area (Å²) in [5.41, 5.74) is 0. The molecule has 12 heavy (non-hydrogen) atoms. The van der Waals surface area contributed by atoms with Crippen molar-refractivity contribution in [3.05, 3.63) is 32.1 Å². The first-order valence-electron chi connectivity index (χ1n) is 3.58. The van der Waals surface area contributed by atoms with Crippen LogP contribution in [0.5, 0.6) is 0 Å². The third-order valence-corrected chi connectivity index (χ3v) is 5.83. The number of fused-ring (bicyclic) bond motifs is 1. The van der Waals surface area contributed by atoms with Gasteiger partial charge in [-0.2, -0.15) is 0 Å². The Labute approximate surface area is 94.3 Å². The van der Waals surface area contributed by atoms with Crippen molar-refractivity contribution >= 4 is 46.1 Å². The molecular formula is C9H7IS2. The number of hydrogen-bond acceptors (Lipinski definition) is 2. The van der Waals surface area contributed by atoms with Crippen molar-refractivity contribution in [3.63, 3.8) is 0 Å². The van der Waals surface area contributed by atoms with Crippen molar-refractivity contribution in [2.24, 2.45) is 0 Å². The van der Waals surface area contributed by atoms with Crippen molar-refractivity contribution < 1.29 is 0 Å². The van der Waals surface area contributed by atoms with E-state index in [9.17, 15) is 0 Å². The van der Waals surface area contributed by atoms with Gasteiger partial charge in [0.2, 0.25) is 0 Å². The van der Waals surface area contributed by atoms with E-state index < -0.39 is 0 Å². The van der Waals surface area contributed by atoms with Crippen LogP contribution in [0.4, 0.5) is 0 Å². The van der Waals surface area contributed by atoms with E-state index in [0.717, 1.165) is 0 Å². The molecule has 0 bridgehead atoms. The molecule has 0 aromatic heterocycles. The standard InChI is InChI=1S/C9H7IS2/c1-6-9(10)12-8-5-3-2-4-7(8)11-6/h2-5H,1H3. The molecule has 1 aromatic rings. The van der Waals surface area contributed by atoms with Gasteiger partial charge < -0.3 is 0 Å². The summed E-state index contributed by atoms with van der Waals surface area (Å²) in [4.78, 5) is 4.19. The van der Waals surface area contributed by atoms with Gasteiger partial charge in [0.15, 0.2) is 0 Å². The van der Waals surface area contributed by atoms with Gasteiger partial charge in [0.1, 0.15) is 0 Å². The maximum atomic E-state index is 2.40. The molecule has 0 N–H and O–H groups in total. The van der Waals surface area contributed by atoms with Crippen molar-refractivity contribution in [1.82, 2.24) is 0 Å². The first-order chi connectivity index (χ1) is 5.77. The molecule has 1 aromatic carbocycles. The quantitative estimate of drug-likeness (QED) is 0.647. The largest absolute Gasteiger partial charge is 0.0920 e. The smallest absolute Gasteiger partial charge is 0.0602 e. The molecule has 0 radical (unpaired) electrons. The third-order valence-electron chi connectivity index (χ3n) is 1.59. The Kier molecular flexibility index (Phi) is 2.72. The second-order valence-corrected chi connectivity index (χ2v) is 6.60. The average Bonchev–Trinajstić information content (AvgIpc) is 2.07. The summed E-state index contributed by atoms with van der Waals surface area (Å²) < 4.78 is 1.40. The Hall–Kier alpha value is 0.390. The third kappa shape index (κ3) is 1.67. The second-order valence-electron chi connectivity index (χ2n) is 2.48. The molecule has 2 rings (SSSR count). The average molecular weight is 306 g/mol. The molecule has 0 saturated heterocycles. The van der Waals surface area contributed by atoms with Crippen LogP contribution in [0.15, 0.2) is 41.9 Å². The first-order valence-corrected chi connectivity index (χ1v) is 6.29. The Bertz CT molecular complexity index is 311. The summed E-state index contributed by atoms with van der Waals surface area (Å²) in [6, 6.07) is 8.55. The van der Waals surface area contributed by atoms with Gasteiger partial charge in [-0.25, -0.2) is 0 Å². The highest BCUT2D eigenvalue weighted by atomic mass is 127. The summed E-state index contributed by atoms with van der Waals surface area (Å²) in [5.74, 6) is 0. The molecule has 0 aliphatic carbocycles. The predicted octanol–water partition coefficient (Wildman–Crippen LogP) is 4.51. The lowest BCUT2D eigenvalue weighted by Crippen LogP contribution is -1.84. The topological polar surface area (TPSA) is 0 Å². The molecule has 0 unspecified atom stereocenters. The van der Waals surface area contributed by atoms with Crippen LogP contribution in [0.1, 0.15) is 6.92 Å². The molecule has 0 atom stereocenters. The van der Waals surface area contributed by atoms with Crippen LogP contribution in [-0.2, 0) is 0 Å². The van der Waals surface area contributed by atoms with Gasteiger partial charge in [-0.15, -0.1) is 0 Å². The lowest BCUT2D eigenvalue weighted by atomic mass is 10.4. The molecule has 0 fully saturated rings. The first kappa shape index (κ1) is 8.97. The van der Waals surface area contributed by atoms with E-state index in [2.05, 4.69) is 53.8 Å². The van der Waals surface area contributed by atoms with Gasteiger partial charge in [0.05, 0.1) is 2.91 Å². The monoisotopic (exact) mass is 306 g/mol. The fourth-order valence-corrected chi connectivity index (χ4v) is 3.91. The minimum atomic E-state index is 1.39. The van der Waals surface area contributed by atoms with E-state index in [-0.39, 0.29) is 0 Å². The van der Waals surface area contributed by atoms with Crippen LogP contribution in [0.25, 0.3) is 0 Å². The van der Waals surface area contributed by atoms with Crippen LogP contribution in [-0.4, -0.2) is 0 Å². The normalized spacial score (nSPS) is 16.2. The van der Waals surface area contributed by atoms with Gasteiger partial charge in [-0.3, -0.25) is 0 Å². The number of rotatable bonds is 0. The van der Waals surface area contributed by atoms with E-state index in [1.807, 2.05) is 23.5 Å². The molecule has 0 saturated carbocycles. The Balaban J connectivity index is 2.43. The molecule has 62 valence electrons. The molecule has 0 nitrogen and oxygen atoms in total. The molecule has 1 aliphatic rings. The lowest BCUT2D eigenvalue weighted by Gasteiger charge is -2.15. The van der Waals surface area contributed by atoms with Gasteiger partial charge in [-0.05, 0) is 41.6 Å². The SMILES string of the molecule is CC1=C(I)Sc2ccccc2S1. The zero-order valence-electron chi connectivity index (χ0n) is 6.50. The van der Waals surface area contributed by atoms with Crippen molar-refractivity contribution in [2.45, 2.75) is 16.7 Å². The molecule has 1 aliphatic heterocycles. The highest BCUT2D eigenvalue weighted by molar-refractivity contribution is 14.1. The number of hydrogen-bond donors (Lipinski definition) is 0. The Morgan fingerprint density at radius 2 is 1.67 bits per heavy atom. The summed E-state index contributed by atoms with van der Waals surface area (Å²) in [5, 5.41) is 0.